The van der Waals surface area contributed by atoms with Crippen molar-refractivity contribution in [3.05, 3.63) is 29.3 Å². The second-order valence-corrected chi connectivity index (χ2v) is 7.68. The Morgan fingerprint density at radius 2 is 1.75 bits per heavy atom. The minimum atomic E-state index is -3.66. The quantitative estimate of drug-likeness (QED) is 0.803. The van der Waals surface area contributed by atoms with Crippen molar-refractivity contribution < 1.29 is 12.6 Å². The first-order valence-electron chi connectivity index (χ1n) is 4.50. The molecule has 1 aliphatic heterocycles. The highest BCUT2D eigenvalue weighted by Crippen LogP contribution is 2.35. The van der Waals surface area contributed by atoms with Crippen LogP contribution >= 0.6 is 35.1 Å². The van der Waals surface area contributed by atoms with E-state index in [4.69, 9.17) is 15.8 Å². The first-order valence-corrected chi connectivity index (χ1v) is 8.38. The lowest BCUT2D eigenvalue weighted by atomic mass is 10.4. The second-order valence-electron chi connectivity index (χ2n) is 3.03. The van der Waals surface area contributed by atoms with Crippen LogP contribution < -0.4 is 0 Å². The van der Waals surface area contributed by atoms with E-state index in [1.807, 2.05) is 0 Å². The molecular weight excluding hydrogens is 288 g/mol. The predicted molar refractivity (Wildman–Crippen MR) is 68.4 cm³/mol. The van der Waals surface area contributed by atoms with Crippen molar-refractivity contribution in [3.8, 4) is 0 Å². The summed E-state index contributed by atoms with van der Waals surface area (Å²) in [7, 11) is -3.66. The molecule has 3 nitrogen and oxygen atoms in total. The van der Waals surface area contributed by atoms with Gasteiger partial charge in [-0.1, -0.05) is 11.6 Å². The van der Waals surface area contributed by atoms with Gasteiger partial charge in [-0.15, -0.1) is 23.5 Å². The Morgan fingerprint density at radius 1 is 1.19 bits per heavy atom. The molecule has 0 spiro atoms. The highest BCUT2D eigenvalue weighted by molar-refractivity contribution is 8.20. The fourth-order valence-electron chi connectivity index (χ4n) is 1.15. The van der Waals surface area contributed by atoms with Crippen LogP contribution in [0.15, 0.2) is 29.2 Å². The lowest BCUT2D eigenvalue weighted by molar-refractivity contribution is 0.360. The highest BCUT2D eigenvalue weighted by atomic mass is 35.5. The molecule has 0 N–H and O–H groups in total. The third kappa shape index (κ3) is 3.07. The Kier molecular flexibility index (Phi) is 4.07. The molecule has 88 valence electrons. The topological polar surface area (TPSA) is 43.4 Å². The Bertz CT molecular complexity index is 451. The van der Waals surface area contributed by atoms with Crippen LogP contribution in [0.2, 0.25) is 5.02 Å². The molecule has 1 saturated heterocycles. The van der Waals surface area contributed by atoms with Crippen molar-refractivity contribution in [1.82, 2.24) is 0 Å². The van der Waals surface area contributed by atoms with Crippen LogP contribution in [0, 0.1) is 0 Å². The first kappa shape index (κ1) is 12.6. The second kappa shape index (κ2) is 5.18. The van der Waals surface area contributed by atoms with Gasteiger partial charge in [-0.2, -0.15) is 8.42 Å². The van der Waals surface area contributed by atoms with E-state index in [2.05, 4.69) is 0 Å². The molecule has 0 radical (unpaired) electrons. The van der Waals surface area contributed by atoms with Crippen LogP contribution in [0.5, 0.6) is 0 Å². The first-order chi connectivity index (χ1) is 7.58. The molecule has 1 aromatic carbocycles. The molecule has 0 aliphatic carbocycles. The standard InChI is InChI=1S/C9H9ClO3S3/c10-7-1-3-8(4-2-7)16(11,12)13-9-14-5-6-15-9/h1-4,9H,5-6H2. The summed E-state index contributed by atoms with van der Waals surface area (Å²) in [5.74, 6) is 1.84. The summed E-state index contributed by atoms with van der Waals surface area (Å²) in [6, 6.07) is 5.96. The molecule has 1 fully saturated rings. The third-order valence-corrected chi connectivity index (χ3v) is 6.38. The van der Waals surface area contributed by atoms with Crippen molar-refractivity contribution in [2.24, 2.45) is 0 Å². The van der Waals surface area contributed by atoms with Gasteiger partial charge in [0.1, 0.15) is 0 Å². The molecule has 0 bridgehead atoms. The van der Waals surface area contributed by atoms with E-state index in [9.17, 15) is 8.42 Å². The average Bonchev–Trinajstić information content (AvgIpc) is 2.70. The lowest BCUT2D eigenvalue weighted by Crippen LogP contribution is -2.11. The van der Waals surface area contributed by atoms with Crippen LogP contribution in [0.1, 0.15) is 0 Å². The highest BCUT2D eigenvalue weighted by Gasteiger charge is 2.25. The summed E-state index contributed by atoms with van der Waals surface area (Å²) < 4.78 is 28.4. The SMILES string of the molecule is O=S(=O)(OC1SCCS1)c1ccc(Cl)cc1. The summed E-state index contributed by atoms with van der Waals surface area (Å²) in [4.78, 5) is 0.144. The molecular formula is C9H9ClO3S3. The molecule has 7 heteroatoms. The zero-order valence-corrected chi connectivity index (χ0v) is 11.3. The monoisotopic (exact) mass is 296 g/mol. The Labute approximate surface area is 108 Å². The van der Waals surface area contributed by atoms with Crippen molar-refractivity contribution >= 4 is 45.2 Å². The Morgan fingerprint density at radius 3 is 2.31 bits per heavy atom. The van der Waals surface area contributed by atoms with Gasteiger partial charge >= 0.3 is 0 Å². The molecule has 0 amide bonds. The molecule has 0 atom stereocenters. The van der Waals surface area contributed by atoms with Crippen LogP contribution in [0.4, 0.5) is 0 Å². The van der Waals surface area contributed by atoms with Crippen molar-refractivity contribution in [1.29, 1.82) is 0 Å². The van der Waals surface area contributed by atoms with Crippen LogP contribution in [-0.4, -0.2) is 24.7 Å². The van der Waals surface area contributed by atoms with E-state index in [0.717, 1.165) is 11.5 Å². The van der Waals surface area contributed by atoms with E-state index in [0.29, 0.717) is 5.02 Å². The van der Waals surface area contributed by atoms with Crippen molar-refractivity contribution in [3.63, 3.8) is 0 Å². The number of thioether (sulfide) groups is 2. The summed E-state index contributed by atoms with van der Waals surface area (Å²) in [5, 5.41) is 0.503. The lowest BCUT2D eigenvalue weighted by Gasteiger charge is -2.09. The van der Waals surface area contributed by atoms with Crippen LogP contribution in [0.3, 0.4) is 0 Å². The molecule has 2 rings (SSSR count). The van der Waals surface area contributed by atoms with Gasteiger partial charge < -0.3 is 0 Å². The number of hydrogen-bond acceptors (Lipinski definition) is 5. The van der Waals surface area contributed by atoms with Crippen molar-refractivity contribution in [2.45, 2.75) is 9.66 Å². The maximum atomic E-state index is 11.8. The summed E-state index contributed by atoms with van der Waals surface area (Å²) in [6.07, 6.45) is 0. The molecule has 16 heavy (non-hydrogen) atoms. The van der Waals surface area contributed by atoms with Gasteiger partial charge in [-0.25, -0.2) is 4.18 Å². The minimum absolute atomic E-state index is 0.144. The fraction of sp³-hybridized carbons (Fsp3) is 0.333. The van der Waals surface area contributed by atoms with Gasteiger partial charge in [0, 0.05) is 16.5 Å². The molecule has 0 aromatic heterocycles. The smallest absolute Gasteiger partial charge is 0.241 e. The summed E-state index contributed by atoms with van der Waals surface area (Å²) in [5.41, 5.74) is 0. The van der Waals surface area contributed by atoms with Crippen LogP contribution in [-0.2, 0) is 14.3 Å². The van der Waals surface area contributed by atoms with E-state index in [1.54, 1.807) is 0 Å². The average molecular weight is 297 g/mol. The van der Waals surface area contributed by atoms with Crippen molar-refractivity contribution in [2.75, 3.05) is 11.5 Å². The normalized spacial score (nSPS) is 17.8. The van der Waals surface area contributed by atoms with Gasteiger partial charge in [-0.3, -0.25) is 0 Å². The largest absolute Gasteiger partial charge is 0.298 e. The molecule has 0 saturated carbocycles. The maximum absolute atomic E-state index is 11.8. The van der Waals surface area contributed by atoms with Crippen LogP contribution in [0.25, 0.3) is 0 Å². The fourth-order valence-corrected chi connectivity index (χ4v) is 5.25. The number of halogens is 1. The minimum Gasteiger partial charge on any atom is -0.241 e. The molecule has 1 aliphatic rings. The van der Waals surface area contributed by atoms with E-state index in [1.165, 1.54) is 47.8 Å². The Balaban J connectivity index is 2.14. The summed E-state index contributed by atoms with van der Waals surface area (Å²) >= 11 is 8.69. The van der Waals surface area contributed by atoms with E-state index < -0.39 is 10.1 Å². The molecule has 0 unspecified atom stereocenters. The zero-order chi connectivity index (χ0) is 11.6. The Hall–Kier alpha value is 0.120. The third-order valence-electron chi connectivity index (χ3n) is 1.90. The van der Waals surface area contributed by atoms with Gasteiger partial charge in [0.05, 0.1) is 4.90 Å². The zero-order valence-electron chi connectivity index (χ0n) is 8.13. The maximum Gasteiger partial charge on any atom is 0.298 e. The van der Waals surface area contributed by atoms with E-state index in [-0.39, 0.29) is 9.66 Å². The molecule has 1 heterocycles. The number of benzene rings is 1. The summed E-state index contributed by atoms with van der Waals surface area (Å²) in [6.45, 7) is 0. The van der Waals surface area contributed by atoms with Gasteiger partial charge in [0.25, 0.3) is 10.1 Å². The predicted octanol–water partition coefficient (Wildman–Crippen LogP) is 2.81. The van der Waals surface area contributed by atoms with Gasteiger partial charge in [0.2, 0.25) is 0 Å². The molecule has 1 aromatic rings. The number of hydrogen-bond donors (Lipinski definition) is 0. The van der Waals surface area contributed by atoms with Gasteiger partial charge in [0.15, 0.2) is 4.77 Å². The van der Waals surface area contributed by atoms with Gasteiger partial charge in [-0.05, 0) is 24.3 Å². The van der Waals surface area contributed by atoms with E-state index >= 15 is 0 Å². The number of rotatable bonds is 3.